The quantitative estimate of drug-likeness (QED) is 0.853. The smallest absolute Gasteiger partial charge is 0.315 e. The molecular formula is C14H14F4N2S. The van der Waals surface area contributed by atoms with E-state index in [4.69, 9.17) is 0 Å². The van der Waals surface area contributed by atoms with Crippen LogP contribution >= 0.6 is 11.3 Å². The third-order valence-electron chi connectivity index (χ3n) is 2.97. The fraction of sp³-hybridized carbons (Fsp3) is 0.357. The van der Waals surface area contributed by atoms with Crippen molar-refractivity contribution in [3.63, 3.8) is 0 Å². The molecule has 2 nitrogen and oxygen atoms in total. The third-order valence-corrected chi connectivity index (χ3v) is 4.11. The number of thiazole rings is 1. The second kappa shape index (κ2) is 6.11. The lowest BCUT2D eigenvalue weighted by Crippen LogP contribution is -2.05. The van der Waals surface area contributed by atoms with Crippen LogP contribution in [0.3, 0.4) is 0 Å². The maximum atomic E-state index is 13.9. The summed E-state index contributed by atoms with van der Waals surface area (Å²) in [7, 11) is 1.77. The minimum absolute atomic E-state index is 0.105. The van der Waals surface area contributed by atoms with Gasteiger partial charge in [-0.05, 0) is 31.7 Å². The molecule has 0 amide bonds. The number of aromatic nitrogens is 1. The van der Waals surface area contributed by atoms with Gasteiger partial charge in [0.1, 0.15) is 10.8 Å². The van der Waals surface area contributed by atoms with E-state index in [1.807, 2.05) is 6.92 Å². The number of halogens is 4. The van der Waals surface area contributed by atoms with Crippen LogP contribution in [0.4, 0.5) is 17.6 Å². The van der Waals surface area contributed by atoms with Gasteiger partial charge in [0.2, 0.25) is 0 Å². The Hall–Kier alpha value is -1.47. The Bertz CT molecular complexity index is 634. The average molecular weight is 318 g/mol. The fourth-order valence-corrected chi connectivity index (χ4v) is 3.12. The van der Waals surface area contributed by atoms with E-state index in [-0.39, 0.29) is 10.6 Å². The molecular weight excluding hydrogens is 304 g/mol. The van der Waals surface area contributed by atoms with Crippen LogP contribution in [0.15, 0.2) is 18.2 Å². The Kier molecular flexibility index (Phi) is 4.63. The highest BCUT2D eigenvalue weighted by Gasteiger charge is 2.31. The number of hydrogen-bond acceptors (Lipinski definition) is 3. The first-order valence-electron chi connectivity index (χ1n) is 6.37. The van der Waals surface area contributed by atoms with Crippen LogP contribution < -0.4 is 5.32 Å². The van der Waals surface area contributed by atoms with Crippen LogP contribution in [0.25, 0.3) is 10.6 Å². The molecule has 0 saturated heterocycles. The molecule has 0 fully saturated rings. The molecule has 0 saturated carbocycles. The Morgan fingerprint density at radius 1 is 1.29 bits per heavy atom. The molecule has 2 rings (SSSR count). The summed E-state index contributed by atoms with van der Waals surface area (Å²) in [6.45, 7) is 2.46. The minimum Gasteiger partial charge on any atom is -0.315 e. The SMILES string of the molecule is CCc1nc(-c2cc(C(F)(F)F)ccc2F)sc1CNC. The van der Waals surface area contributed by atoms with Crippen molar-refractivity contribution in [3.05, 3.63) is 40.2 Å². The van der Waals surface area contributed by atoms with Crippen LogP contribution in [0.2, 0.25) is 0 Å². The largest absolute Gasteiger partial charge is 0.416 e. The molecule has 1 heterocycles. The summed E-state index contributed by atoms with van der Waals surface area (Å²) in [5.74, 6) is -0.699. The van der Waals surface area contributed by atoms with Crippen molar-refractivity contribution in [1.29, 1.82) is 0 Å². The van der Waals surface area contributed by atoms with Crippen molar-refractivity contribution in [2.75, 3.05) is 7.05 Å². The van der Waals surface area contributed by atoms with Gasteiger partial charge in [-0.2, -0.15) is 13.2 Å². The number of benzene rings is 1. The molecule has 0 spiro atoms. The number of alkyl halides is 3. The van der Waals surface area contributed by atoms with E-state index in [9.17, 15) is 17.6 Å². The van der Waals surface area contributed by atoms with Crippen LogP contribution in [0.5, 0.6) is 0 Å². The Balaban J connectivity index is 2.51. The molecule has 1 aromatic carbocycles. The molecule has 0 bridgehead atoms. The van der Waals surface area contributed by atoms with E-state index in [0.29, 0.717) is 13.0 Å². The first-order chi connectivity index (χ1) is 9.86. The van der Waals surface area contributed by atoms with Gasteiger partial charge in [-0.3, -0.25) is 0 Å². The lowest BCUT2D eigenvalue weighted by Gasteiger charge is -2.08. The van der Waals surface area contributed by atoms with Gasteiger partial charge >= 0.3 is 6.18 Å². The molecule has 2 aromatic rings. The molecule has 0 radical (unpaired) electrons. The van der Waals surface area contributed by atoms with Crippen LogP contribution in [-0.4, -0.2) is 12.0 Å². The molecule has 0 aliphatic rings. The van der Waals surface area contributed by atoms with E-state index in [0.717, 1.165) is 28.8 Å². The molecule has 1 aromatic heterocycles. The van der Waals surface area contributed by atoms with E-state index in [1.165, 1.54) is 11.3 Å². The van der Waals surface area contributed by atoms with E-state index in [1.54, 1.807) is 7.05 Å². The van der Waals surface area contributed by atoms with E-state index < -0.39 is 17.6 Å². The summed E-state index contributed by atoms with van der Waals surface area (Å²) in [5.41, 5.74) is -0.199. The van der Waals surface area contributed by atoms with Gasteiger partial charge in [0, 0.05) is 17.0 Å². The Labute approximate surface area is 123 Å². The van der Waals surface area contributed by atoms with Crippen molar-refractivity contribution in [2.45, 2.75) is 26.1 Å². The molecule has 114 valence electrons. The molecule has 0 aliphatic carbocycles. The predicted molar refractivity (Wildman–Crippen MR) is 74.7 cm³/mol. The normalized spacial score (nSPS) is 11.9. The lowest BCUT2D eigenvalue weighted by atomic mass is 10.1. The zero-order valence-electron chi connectivity index (χ0n) is 11.5. The Morgan fingerprint density at radius 2 is 2.00 bits per heavy atom. The van der Waals surface area contributed by atoms with E-state index in [2.05, 4.69) is 10.3 Å². The standard InChI is InChI=1S/C14H14F4N2S/c1-3-11-12(7-19-2)21-13(20-11)9-6-8(14(16,17)18)4-5-10(9)15/h4-6,19H,3,7H2,1-2H3. The van der Waals surface area contributed by atoms with Crippen LogP contribution in [0, 0.1) is 5.82 Å². The zero-order chi connectivity index (χ0) is 15.6. The summed E-state index contributed by atoms with van der Waals surface area (Å²) >= 11 is 1.21. The molecule has 1 N–H and O–H groups in total. The molecule has 7 heteroatoms. The van der Waals surface area contributed by atoms with E-state index >= 15 is 0 Å². The van der Waals surface area contributed by atoms with Gasteiger partial charge < -0.3 is 5.32 Å². The Morgan fingerprint density at radius 3 is 2.57 bits per heavy atom. The number of aryl methyl sites for hydroxylation is 1. The highest BCUT2D eigenvalue weighted by Crippen LogP contribution is 2.35. The second-order valence-corrected chi connectivity index (χ2v) is 5.55. The topological polar surface area (TPSA) is 24.9 Å². The van der Waals surface area contributed by atoms with Gasteiger partial charge in [-0.15, -0.1) is 11.3 Å². The molecule has 21 heavy (non-hydrogen) atoms. The molecule has 0 unspecified atom stereocenters. The van der Waals surface area contributed by atoms with Gasteiger partial charge in [0.15, 0.2) is 0 Å². The van der Waals surface area contributed by atoms with Crippen molar-refractivity contribution in [1.82, 2.24) is 10.3 Å². The number of nitrogens with one attached hydrogen (secondary N) is 1. The lowest BCUT2D eigenvalue weighted by molar-refractivity contribution is -0.137. The van der Waals surface area contributed by atoms with Crippen LogP contribution in [-0.2, 0) is 19.1 Å². The first-order valence-corrected chi connectivity index (χ1v) is 7.18. The summed E-state index contributed by atoms with van der Waals surface area (Å²) in [5, 5.41) is 3.25. The average Bonchev–Trinajstić information content (AvgIpc) is 2.81. The summed E-state index contributed by atoms with van der Waals surface area (Å²) in [4.78, 5) is 5.18. The summed E-state index contributed by atoms with van der Waals surface area (Å²) in [6.07, 6.45) is -3.85. The first kappa shape index (κ1) is 15.9. The highest BCUT2D eigenvalue weighted by atomic mass is 32.1. The monoisotopic (exact) mass is 318 g/mol. The van der Waals surface area contributed by atoms with Crippen molar-refractivity contribution in [3.8, 4) is 10.6 Å². The maximum Gasteiger partial charge on any atom is 0.416 e. The van der Waals surface area contributed by atoms with Crippen molar-refractivity contribution < 1.29 is 17.6 Å². The zero-order valence-corrected chi connectivity index (χ0v) is 12.3. The van der Waals surface area contributed by atoms with Crippen LogP contribution in [0.1, 0.15) is 23.1 Å². The maximum absolute atomic E-state index is 13.9. The number of nitrogens with zero attached hydrogens (tertiary/aromatic N) is 1. The molecule has 0 aliphatic heterocycles. The minimum atomic E-state index is -4.50. The van der Waals surface area contributed by atoms with Crippen molar-refractivity contribution in [2.24, 2.45) is 0 Å². The van der Waals surface area contributed by atoms with Crippen molar-refractivity contribution >= 4 is 11.3 Å². The van der Waals surface area contributed by atoms with Gasteiger partial charge in [-0.25, -0.2) is 9.37 Å². The van der Waals surface area contributed by atoms with Gasteiger partial charge in [0.05, 0.1) is 11.3 Å². The second-order valence-electron chi connectivity index (χ2n) is 4.47. The summed E-state index contributed by atoms with van der Waals surface area (Å²) < 4.78 is 52.1. The van der Waals surface area contributed by atoms with Gasteiger partial charge in [0.25, 0.3) is 0 Å². The number of hydrogen-bond donors (Lipinski definition) is 1. The third kappa shape index (κ3) is 3.41. The highest BCUT2D eigenvalue weighted by molar-refractivity contribution is 7.15. The number of rotatable bonds is 4. The van der Waals surface area contributed by atoms with Gasteiger partial charge in [-0.1, -0.05) is 6.92 Å². The fourth-order valence-electron chi connectivity index (χ4n) is 1.94. The summed E-state index contributed by atoms with van der Waals surface area (Å²) in [6, 6.07) is 2.39. The predicted octanol–water partition coefficient (Wildman–Crippen LogP) is 4.25. The molecule has 0 atom stereocenters.